The van der Waals surface area contributed by atoms with Gasteiger partial charge in [0.25, 0.3) is 0 Å². The predicted octanol–water partition coefficient (Wildman–Crippen LogP) is 2.27. The van der Waals surface area contributed by atoms with Crippen LogP contribution in [0.5, 0.6) is 5.75 Å². The molecule has 0 aromatic heterocycles. The lowest BCUT2D eigenvalue weighted by molar-refractivity contribution is 0.244. The molecule has 1 N–H and O–H groups in total. The van der Waals surface area contributed by atoms with Gasteiger partial charge in [-0.1, -0.05) is 30.3 Å². The molecular formula is C15H19NO2. The van der Waals surface area contributed by atoms with E-state index in [0.717, 1.165) is 28.6 Å². The van der Waals surface area contributed by atoms with Crippen molar-refractivity contribution in [2.45, 2.75) is 6.61 Å². The van der Waals surface area contributed by atoms with Gasteiger partial charge in [0.1, 0.15) is 12.4 Å². The maximum atomic E-state index is 9.53. The molecule has 0 amide bonds. The number of hydrogen-bond donors (Lipinski definition) is 1. The van der Waals surface area contributed by atoms with Crippen LogP contribution < -0.4 is 4.74 Å². The highest BCUT2D eigenvalue weighted by atomic mass is 16.5. The third kappa shape index (κ3) is 2.81. The van der Waals surface area contributed by atoms with E-state index in [1.165, 1.54) is 0 Å². The lowest BCUT2D eigenvalue weighted by Crippen LogP contribution is -2.19. The summed E-state index contributed by atoms with van der Waals surface area (Å²) in [5.74, 6) is 0.776. The van der Waals surface area contributed by atoms with E-state index in [-0.39, 0.29) is 6.61 Å². The summed E-state index contributed by atoms with van der Waals surface area (Å²) in [5, 5.41) is 11.7. The standard InChI is InChI=1S/C15H19NO2/c1-16(2)9-10-18-15-8-7-12-5-3-4-6-13(12)14(15)11-17/h3-8,17H,9-11H2,1-2H3. The molecule has 2 aromatic rings. The van der Waals surface area contributed by atoms with Crippen molar-refractivity contribution >= 4 is 10.8 Å². The Kier molecular flexibility index (Phi) is 4.18. The fourth-order valence-electron chi connectivity index (χ4n) is 1.95. The molecule has 3 heteroatoms. The van der Waals surface area contributed by atoms with Crippen LogP contribution in [0.4, 0.5) is 0 Å². The monoisotopic (exact) mass is 245 g/mol. The van der Waals surface area contributed by atoms with E-state index in [1.807, 2.05) is 50.5 Å². The van der Waals surface area contributed by atoms with Gasteiger partial charge in [0, 0.05) is 12.1 Å². The van der Waals surface area contributed by atoms with Crippen LogP contribution in [0.3, 0.4) is 0 Å². The topological polar surface area (TPSA) is 32.7 Å². The van der Waals surface area contributed by atoms with Crippen molar-refractivity contribution in [1.82, 2.24) is 4.90 Å². The molecule has 0 aliphatic heterocycles. The minimum Gasteiger partial charge on any atom is -0.492 e. The molecule has 2 aromatic carbocycles. The normalized spacial score (nSPS) is 11.1. The Bertz CT molecular complexity index is 523. The molecule has 0 aliphatic rings. The smallest absolute Gasteiger partial charge is 0.125 e. The average molecular weight is 245 g/mol. The highest BCUT2D eigenvalue weighted by Crippen LogP contribution is 2.28. The molecule has 0 unspecified atom stereocenters. The highest BCUT2D eigenvalue weighted by Gasteiger charge is 2.07. The minimum absolute atomic E-state index is 0.00134. The first-order valence-corrected chi connectivity index (χ1v) is 6.11. The zero-order valence-electron chi connectivity index (χ0n) is 10.9. The molecule has 0 heterocycles. The van der Waals surface area contributed by atoms with Crippen molar-refractivity contribution < 1.29 is 9.84 Å². The van der Waals surface area contributed by atoms with E-state index in [0.29, 0.717) is 6.61 Å². The largest absolute Gasteiger partial charge is 0.492 e. The molecule has 96 valence electrons. The number of nitrogens with zero attached hydrogens (tertiary/aromatic N) is 1. The first-order chi connectivity index (χ1) is 8.72. The van der Waals surface area contributed by atoms with E-state index in [2.05, 4.69) is 4.90 Å². The van der Waals surface area contributed by atoms with Crippen LogP contribution >= 0.6 is 0 Å². The van der Waals surface area contributed by atoms with Gasteiger partial charge in [-0.05, 0) is 30.9 Å². The van der Waals surface area contributed by atoms with Gasteiger partial charge < -0.3 is 14.7 Å². The molecule has 0 bridgehead atoms. The maximum Gasteiger partial charge on any atom is 0.125 e. The Morgan fingerprint density at radius 1 is 1.11 bits per heavy atom. The fourth-order valence-corrected chi connectivity index (χ4v) is 1.95. The van der Waals surface area contributed by atoms with Crippen LogP contribution in [-0.4, -0.2) is 37.3 Å². The van der Waals surface area contributed by atoms with Crippen molar-refractivity contribution in [3.8, 4) is 5.75 Å². The Hall–Kier alpha value is -1.58. The zero-order chi connectivity index (χ0) is 13.0. The first kappa shape index (κ1) is 12.9. The second kappa shape index (κ2) is 5.85. The molecular weight excluding hydrogens is 226 g/mol. The van der Waals surface area contributed by atoms with E-state index in [9.17, 15) is 5.11 Å². The number of aliphatic hydroxyl groups is 1. The number of rotatable bonds is 5. The molecule has 0 saturated carbocycles. The average Bonchev–Trinajstić information content (AvgIpc) is 2.38. The van der Waals surface area contributed by atoms with Gasteiger partial charge in [-0.15, -0.1) is 0 Å². The van der Waals surface area contributed by atoms with Crippen molar-refractivity contribution in [2.24, 2.45) is 0 Å². The summed E-state index contributed by atoms with van der Waals surface area (Å²) in [5.41, 5.74) is 0.867. The Balaban J connectivity index is 2.27. The molecule has 0 radical (unpaired) electrons. The van der Waals surface area contributed by atoms with Crippen molar-refractivity contribution in [1.29, 1.82) is 0 Å². The second-order valence-corrected chi connectivity index (χ2v) is 4.57. The number of aliphatic hydroxyl groups excluding tert-OH is 1. The van der Waals surface area contributed by atoms with E-state index >= 15 is 0 Å². The van der Waals surface area contributed by atoms with Gasteiger partial charge >= 0.3 is 0 Å². The molecule has 18 heavy (non-hydrogen) atoms. The summed E-state index contributed by atoms with van der Waals surface area (Å²) < 4.78 is 5.75. The van der Waals surface area contributed by atoms with Crippen molar-refractivity contribution in [2.75, 3.05) is 27.2 Å². The quantitative estimate of drug-likeness (QED) is 0.877. The van der Waals surface area contributed by atoms with Crippen LogP contribution in [0.25, 0.3) is 10.8 Å². The predicted molar refractivity (Wildman–Crippen MR) is 73.9 cm³/mol. The van der Waals surface area contributed by atoms with Crippen LogP contribution in [0.15, 0.2) is 36.4 Å². The first-order valence-electron chi connectivity index (χ1n) is 6.11. The number of benzene rings is 2. The molecule has 0 spiro atoms. The molecule has 0 atom stereocenters. The number of likely N-dealkylation sites (N-methyl/N-ethyl adjacent to an activating group) is 1. The van der Waals surface area contributed by atoms with Gasteiger partial charge in [0.05, 0.1) is 6.61 Å². The Morgan fingerprint density at radius 2 is 1.89 bits per heavy atom. The summed E-state index contributed by atoms with van der Waals surface area (Å²) in [6.07, 6.45) is 0. The van der Waals surface area contributed by atoms with Crippen LogP contribution in [0.1, 0.15) is 5.56 Å². The van der Waals surface area contributed by atoms with Crippen molar-refractivity contribution in [3.63, 3.8) is 0 Å². The summed E-state index contributed by atoms with van der Waals surface area (Å²) in [6, 6.07) is 12.0. The lowest BCUT2D eigenvalue weighted by atomic mass is 10.0. The van der Waals surface area contributed by atoms with E-state index in [1.54, 1.807) is 0 Å². The minimum atomic E-state index is -0.00134. The molecule has 0 fully saturated rings. The molecule has 0 saturated heterocycles. The summed E-state index contributed by atoms with van der Waals surface area (Å²) in [4.78, 5) is 2.07. The van der Waals surface area contributed by atoms with Gasteiger partial charge in [-0.25, -0.2) is 0 Å². The third-order valence-corrected chi connectivity index (χ3v) is 2.95. The van der Waals surface area contributed by atoms with Crippen LogP contribution in [0, 0.1) is 0 Å². The van der Waals surface area contributed by atoms with Gasteiger partial charge in [-0.3, -0.25) is 0 Å². The second-order valence-electron chi connectivity index (χ2n) is 4.57. The van der Waals surface area contributed by atoms with Gasteiger partial charge in [0.2, 0.25) is 0 Å². The maximum absolute atomic E-state index is 9.53. The van der Waals surface area contributed by atoms with E-state index < -0.39 is 0 Å². The van der Waals surface area contributed by atoms with Crippen LogP contribution in [0.2, 0.25) is 0 Å². The SMILES string of the molecule is CN(C)CCOc1ccc2ccccc2c1CO. The summed E-state index contributed by atoms with van der Waals surface area (Å²) in [6.45, 7) is 1.48. The number of hydrogen-bond acceptors (Lipinski definition) is 3. The molecule has 3 nitrogen and oxygen atoms in total. The van der Waals surface area contributed by atoms with Gasteiger partial charge in [0.15, 0.2) is 0 Å². The molecule has 2 rings (SSSR count). The highest BCUT2D eigenvalue weighted by molar-refractivity contribution is 5.87. The lowest BCUT2D eigenvalue weighted by Gasteiger charge is -2.14. The van der Waals surface area contributed by atoms with Crippen LogP contribution in [-0.2, 0) is 6.61 Å². The van der Waals surface area contributed by atoms with Gasteiger partial charge in [-0.2, -0.15) is 0 Å². The summed E-state index contributed by atoms with van der Waals surface area (Å²) >= 11 is 0. The molecule has 0 aliphatic carbocycles. The fraction of sp³-hybridized carbons (Fsp3) is 0.333. The third-order valence-electron chi connectivity index (χ3n) is 2.95. The Morgan fingerprint density at radius 3 is 2.61 bits per heavy atom. The number of fused-ring (bicyclic) bond motifs is 1. The Labute approximate surface area is 108 Å². The van der Waals surface area contributed by atoms with Crippen molar-refractivity contribution in [3.05, 3.63) is 42.0 Å². The summed E-state index contributed by atoms with van der Waals surface area (Å²) in [7, 11) is 4.02. The zero-order valence-corrected chi connectivity index (χ0v) is 10.9. The number of ether oxygens (including phenoxy) is 1. The van der Waals surface area contributed by atoms with E-state index in [4.69, 9.17) is 4.74 Å².